The molecule has 0 aliphatic heterocycles. The zero-order chi connectivity index (χ0) is 12.2. The first-order valence-corrected chi connectivity index (χ1v) is 6.83. The Kier molecular flexibility index (Phi) is 4.29. The predicted molar refractivity (Wildman–Crippen MR) is 65.3 cm³/mol. The first-order valence-electron chi connectivity index (χ1n) is 4.39. The van der Waals surface area contributed by atoms with Crippen LogP contribution >= 0.6 is 15.9 Å². The zero-order valence-electron chi connectivity index (χ0n) is 8.27. The van der Waals surface area contributed by atoms with Gasteiger partial charge in [-0.1, -0.05) is 0 Å². The first kappa shape index (κ1) is 13.0. The van der Waals surface area contributed by atoms with Gasteiger partial charge in [-0.25, -0.2) is 8.42 Å². The van der Waals surface area contributed by atoms with E-state index in [4.69, 9.17) is 11.0 Å². The summed E-state index contributed by atoms with van der Waals surface area (Å²) in [6.07, 6.45) is 0. The third-order valence-corrected chi connectivity index (χ3v) is 3.71. The van der Waals surface area contributed by atoms with Crippen LogP contribution < -0.4 is 10.5 Å². The molecule has 16 heavy (non-hydrogen) atoms. The standard InChI is InChI=1S/C9H10BrN3O2S/c10-8-5-7(6-12)1-2-9(8)13-16(14,15)4-3-11/h1-2,5,13H,3-4,11H2. The summed E-state index contributed by atoms with van der Waals surface area (Å²) in [7, 11) is -3.41. The lowest BCUT2D eigenvalue weighted by Gasteiger charge is -2.08. The molecule has 0 aliphatic carbocycles. The number of hydrogen-bond acceptors (Lipinski definition) is 4. The summed E-state index contributed by atoms with van der Waals surface area (Å²) in [6.45, 7) is 0.0588. The summed E-state index contributed by atoms with van der Waals surface area (Å²) in [5.41, 5.74) is 6.03. The molecule has 86 valence electrons. The predicted octanol–water partition coefficient (Wildman–Crippen LogP) is 1.02. The van der Waals surface area contributed by atoms with Crippen LogP contribution in [0.3, 0.4) is 0 Å². The lowest BCUT2D eigenvalue weighted by atomic mass is 10.2. The van der Waals surface area contributed by atoms with Gasteiger partial charge in [0.25, 0.3) is 0 Å². The molecule has 0 fully saturated rings. The summed E-state index contributed by atoms with van der Waals surface area (Å²) in [4.78, 5) is 0. The molecule has 7 heteroatoms. The van der Waals surface area contributed by atoms with Gasteiger partial charge in [-0.3, -0.25) is 4.72 Å². The fourth-order valence-electron chi connectivity index (χ4n) is 1.04. The Hall–Kier alpha value is -1.10. The van der Waals surface area contributed by atoms with Crippen LogP contribution in [0.15, 0.2) is 22.7 Å². The Labute approximate surface area is 102 Å². The van der Waals surface area contributed by atoms with Crippen LogP contribution in [0.4, 0.5) is 5.69 Å². The van der Waals surface area contributed by atoms with Crippen LogP contribution in [-0.4, -0.2) is 20.7 Å². The molecular formula is C9H10BrN3O2S. The number of nitrogens with zero attached hydrogens (tertiary/aromatic N) is 1. The van der Waals surface area contributed by atoms with Gasteiger partial charge >= 0.3 is 0 Å². The van der Waals surface area contributed by atoms with Crippen molar-refractivity contribution in [2.24, 2.45) is 5.73 Å². The van der Waals surface area contributed by atoms with Crippen LogP contribution in [0.2, 0.25) is 0 Å². The van der Waals surface area contributed by atoms with Gasteiger partial charge in [0.2, 0.25) is 10.0 Å². The van der Waals surface area contributed by atoms with E-state index in [1.54, 1.807) is 6.07 Å². The second kappa shape index (κ2) is 5.30. The minimum atomic E-state index is -3.41. The average molecular weight is 304 g/mol. The van der Waals surface area contributed by atoms with Gasteiger partial charge in [-0.2, -0.15) is 5.26 Å². The lowest BCUT2D eigenvalue weighted by Crippen LogP contribution is -2.22. The Morgan fingerprint density at radius 1 is 1.50 bits per heavy atom. The second-order valence-corrected chi connectivity index (χ2v) is 5.71. The van der Waals surface area contributed by atoms with E-state index in [0.717, 1.165) is 0 Å². The molecule has 1 aromatic rings. The fourth-order valence-corrected chi connectivity index (χ4v) is 2.58. The van der Waals surface area contributed by atoms with Gasteiger partial charge in [0.1, 0.15) is 0 Å². The quantitative estimate of drug-likeness (QED) is 0.868. The fraction of sp³-hybridized carbons (Fsp3) is 0.222. The molecule has 0 radical (unpaired) electrons. The van der Waals surface area contributed by atoms with Crippen LogP contribution in [0.1, 0.15) is 5.56 Å². The maximum atomic E-state index is 11.4. The van der Waals surface area contributed by atoms with E-state index < -0.39 is 10.0 Å². The van der Waals surface area contributed by atoms with Gasteiger partial charge in [0.15, 0.2) is 0 Å². The van der Waals surface area contributed by atoms with Crippen molar-refractivity contribution in [1.29, 1.82) is 5.26 Å². The van der Waals surface area contributed by atoms with Crippen LogP contribution in [0, 0.1) is 11.3 Å². The van der Waals surface area contributed by atoms with E-state index in [0.29, 0.717) is 15.7 Å². The number of benzene rings is 1. The summed E-state index contributed by atoms with van der Waals surface area (Å²) in [5, 5.41) is 8.64. The molecule has 0 bridgehead atoms. The van der Waals surface area contributed by atoms with E-state index in [9.17, 15) is 8.42 Å². The summed E-state index contributed by atoms with van der Waals surface area (Å²) >= 11 is 3.18. The smallest absolute Gasteiger partial charge is 0.234 e. The number of nitrogens with two attached hydrogens (primary N) is 1. The van der Waals surface area contributed by atoms with Gasteiger partial charge in [0.05, 0.1) is 23.1 Å². The minimum absolute atomic E-state index is 0.0588. The van der Waals surface area contributed by atoms with E-state index in [1.807, 2.05) is 6.07 Å². The highest BCUT2D eigenvalue weighted by atomic mass is 79.9. The normalized spacial score (nSPS) is 10.8. The van der Waals surface area contributed by atoms with Gasteiger partial charge in [0, 0.05) is 11.0 Å². The van der Waals surface area contributed by atoms with E-state index >= 15 is 0 Å². The summed E-state index contributed by atoms with van der Waals surface area (Å²) in [5.74, 6) is -0.139. The van der Waals surface area contributed by atoms with E-state index in [1.165, 1.54) is 12.1 Å². The molecule has 0 aliphatic rings. The summed E-state index contributed by atoms with van der Waals surface area (Å²) in [6, 6.07) is 6.56. The van der Waals surface area contributed by atoms with Crippen LogP contribution in [0.25, 0.3) is 0 Å². The monoisotopic (exact) mass is 303 g/mol. The van der Waals surface area contributed by atoms with E-state index in [-0.39, 0.29) is 12.3 Å². The molecule has 0 atom stereocenters. The number of nitriles is 1. The second-order valence-electron chi connectivity index (χ2n) is 3.02. The zero-order valence-corrected chi connectivity index (χ0v) is 10.7. The molecule has 0 saturated heterocycles. The Morgan fingerprint density at radius 2 is 2.19 bits per heavy atom. The number of sulfonamides is 1. The molecule has 0 heterocycles. The molecular weight excluding hydrogens is 294 g/mol. The van der Waals surface area contributed by atoms with Crippen LogP contribution in [0.5, 0.6) is 0 Å². The number of nitrogens with one attached hydrogen (secondary N) is 1. The van der Waals surface area contributed by atoms with Crippen molar-refractivity contribution in [2.75, 3.05) is 17.0 Å². The van der Waals surface area contributed by atoms with Crippen molar-refractivity contribution in [3.05, 3.63) is 28.2 Å². The topological polar surface area (TPSA) is 96.0 Å². The third-order valence-electron chi connectivity index (χ3n) is 1.75. The highest BCUT2D eigenvalue weighted by Crippen LogP contribution is 2.24. The van der Waals surface area contributed by atoms with Gasteiger partial charge in [-0.05, 0) is 34.1 Å². The van der Waals surface area contributed by atoms with Crippen molar-refractivity contribution in [3.63, 3.8) is 0 Å². The van der Waals surface area contributed by atoms with Crippen molar-refractivity contribution >= 4 is 31.6 Å². The minimum Gasteiger partial charge on any atom is -0.329 e. The number of rotatable bonds is 4. The van der Waals surface area contributed by atoms with Crippen LogP contribution in [-0.2, 0) is 10.0 Å². The molecule has 0 spiro atoms. The van der Waals surface area contributed by atoms with Crippen molar-refractivity contribution in [1.82, 2.24) is 0 Å². The maximum Gasteiger partial charge on any atom is 0.234 e. The largest absolute Gasteiger partial charge is 0.329 e. The average Bonchev–Trinajstić information content (AvgIpc) is 2.20. The maximum absolute atomic E-state index is 11.4. The Morgan fingerprint density at radius 3 is 2.69 bits per heavy atom. The lowest BCUT2D eigenvalue weighted by molar-refractivity contribution is 0.601. The first-order chi connectivity index (χ1) is 7.48. The van der Waals surface area contributed by atoms with Gasteiger partial charge < -0.3 is 5.73 Å². The highest BCUT2D eigenvalue weighted by Gasteiger charge is 2.11. The SMILES string of the molecule is N#Cc1ccc(NS(=O)(=O)CCN)c(Br)c1. The Balaban J connectivity index is 2.96. The number of hydrogen-bond donors (Lipinski definition) is 2. The Bertz CT molecular complexity index is 522. The molecule has 1 aromatic carbocycles. The van der Waals surface area contributed by atoms with Gasteiger partial charge in [-0.15, -0.1) is 0 Å². The van der Waals surface area contributed by atoms with Crippen molar-refractivity contribution in [2.45, 2.75) is 0 Å². The molecule has 1 rings (SSSR count). The molecule has 3 N–H and O–H groups in total. The number of halogens is 1. The van der Waals surface area contributed by atoms with E-state index in [2.05, 4.69) is 20.7 Å². The third kappa shape index (κ3) is 3.48. The molecule has 0 unspecified atom stereocenters. The van der Waals surface area contributed by atoms with Crippen molar-refractivity contribution in [3.8, 4) is 6.07 Å². The summed E-state index contributed by atoms with van der Waals surface area (Å²) < 4.78 is 25.8. The molecule has 0 aromatic heterocycles. The number of anilines is 1. The molecule has 5 nitrogen and oxygen atoms in total. The molecule has 0 saturated carbocycles. The van der Waals surface area contributed by atoms with Crippen molar-refractivity contribution < 1.29 is 8.42 Å². The highest BCUT2D eigenvalue weighted by molar-refractivity contribution is 9.10. The molecule has 0 amide bonds.